The molecular formula is C9H20O4. The van der Waals surface area contributed by atoms with Crippen molar-refractivity contribution in [2.24, 2.45) is 0 Å². The van der Waals surface area contributed by atoms with Gasteiger partial charge in [-0.1, -0.05) is 0 Å². The lowest BCUT2D eigenvalue weighted by atomic mass is 10.2. The third-order valence-electron chi connectivity index (χ3n) is 1.24. The van der Waals surface area contributed by atoms with Crippen molar-refractivity contribution in [2.45, 2.75) is 32.7 Å². The maximum absolute atomic E-state index is 8.48. The third-order valence-corrected chi connectivity index (χ3v) is 1.24. The van der Waals surface area contributed by atoms with E-state index in [1.54, 1.807) is 7.11 Å². The summed E-state index contributed by atoms with van der Waals surface area (Å²) in [4.78, 5) is 0. The molecule has 13 heavy (non-hydrogen) atoms. The Morgan fingerprint density at radius 3 is 2.31 bits per heavy atom. The molecule has 4 nitrogen and oxygen atoms in total. The van der Waals surface area contributed by atoms with Crippen LogP contribution in [0, 0.1) is 0 Å². The molecule has 0 amide bonds. The largest absolute Gasteiger partial charge is 0.394 e. The smallest absolute Gasteiger partial charge is 0.181 e. The lowest BCUT2D eigenvalue weighted by molar-refractivity contribution is -0.205. The summed E-state index contributed by atoms with van der Waals surface area (Å²) >= 11 is 0. The number of methoxy groups -OCH3 is 1. The van der Waals surface area contributed by atoms with Crippen molar-refractivity contribution in [3.05, 3.63) is 0 Å². The van der Waals surface area contributed by atoms with E-state index in [0.29, 0.717) is 13.2 Å². The highest BCUT2D eigenvalue weighted by Crippen LogP contribution is 2.11. The Bertz CT molecular complexity index is 119. The Hall–Kier alpha value is -0.160. The van der Waals surface area contributed by atoms with Crippen LogP contribution in [0.2, 0.25) is 0 Å². The first-order valence-electron chi connectivity index (χ1n) is 4.39. The maximum Gasteiger partial charge on any atom is 0.181 e. The average molecular weight is 192 g/mol. The standard InChI is InChI=1S/C9H20O4/c1-9(2,3)13-8(11-4)7-12-6-5-10/h8,10H,5-7H2,1-4H3. The van der Waals surface area contributed by atoms with Crippen LogP contribution in [0.4, 0.5) is 0 Å². The van der Waals surface area contributed by atoms with Gasteiger partial charge in [0.2, 0.25) is 0 Å². The highest BCUT2D eigenvalue weighted by Gasteiger charge is 2.18. The zero-order chi connectivity index (χ0) is 10.3. The van der Waals surface area contributed by atoms with Crippen molar-refractivity contribution in [3.8, 4) is 0 Å². The third kappa shape index (κ3) is 8.18. The number of hydrogen-bond donors (Lipinski definition) is 1. The monoisotopic (exact) mass is 192 g/mol. The van der Waals surface area contributed by atoms with Gasteiger partial charge in [0.1, 0.15) is 0 Å². The number of aliphatic hydroxyl groups excluding tert-OH is 1. The molecule has 0 aliphatic carbocycles. The molecule has 80 valence electrons. The lowest BCUT2D eigenvalue weighted by Crippen LogP contribution is -2.32. The minimum absolute atomic E-state index is 0.0198. The lowest BCUT2D eigenvalue weighted by Gasteiger charge is -2.26. The van der Waals surface area contributed by atoms with Gasteiger partial charge in [-0.3, -0.25) is 0 Å². The summed E-state index contributed by atoms with van der Waals surface area (Å²) in [6.07, 6.45) is -0.369. The van der Waals surface area contributed by atoms with Crippen LogP contribution in [0.25, 0.3) is 0 Å². The second-order valence-corrected chi connectivity index (χ2v) is 3.69. The number of hydrogen-bond acceptors (Lipinski definition) is 4. The van der Waals surface area contributed by atoms with Gasteiger partial charge in [-0.05, 0) is 20.8 Å². The van der Waals surface area contributed by atoms with Crippen LogP contribution in [-0.4, -0.2) is 43.9 Å². The molecule has 0 rings (SSSR count). The van der Waals surface area contributed by atoms with Crippen molar-refractivity contribution in [3.63, 3.8) is 0 Å². The van der Waals surface area contributed by atoms with Crippen molar-refractivity contribution in [1.82, 2.24) is 0 Å². The molecule has 0 saturated carbocycles. The van der Waals surface area contributed by atoms with Gasteiger partial charge < -0.3 is 19.3 Å². The fraction of sp³-hybridized carbons (Fsp3) is 1.00. The van der Waals surface area contributed by atoms with Crippen LogP contribution in [0.15, 0.2) is 0 Å². The van der Waals surface area contributed by atoms with Gasteiger partial charge in [0, 0.05) is 7.11 Å². The molecular weight excluding hydrogens is 172 g/mol. The van der Waals surface area contributed by atoms with Crippen LogP contribution in [0.5, 0.6) is 0 Å². The molecule has 1 N–H and O–H groups in total. The molecule has 0 radical (unpaired) electrons. The van der Waals surface area contributed by atoms with E-state index in [2.05, 4.69) is 0 Å². The van der Waals surface area contributed by atoms with E-state index in [1.165, 1.54) is 0 Å². The second-order valence-electron chi connectivity index (χ2n) is 3.69. The maximum atomic E-state index is 8.48. The van der Waals surface area contributed by atoms with E-state index < -0.39 is 0 Å². The first kappa shape index (κ1) is 12.8. The summed E-state index contributed by atoms with van der Waals surface area (Å²) in [6, 6.07) is 0. The molecule has 0 spiro atoms. The van der Waals surface area contributed by atoms with Gasteiger partial charge in [0.05, 0.1) is 25.4 Å². The Labute approximate surface area is 79.8 Å². The zero-order valence-corrected chi connectivity index (χ0v) is 8.87. The summed E-state index contributed by atoms with van der Waals surface area (Å²) in [5.41, 5.74) is -0.247. The number of aliphatic hydroxyl groups is 1. The Morgan fingerprint density at radius 2 is 1.92 bits per heavy atom. The van der Waals surface area contributed by atoms with Crippen molar-refractivity contribution in [2.75, 3.05) is 26.9 Å². The highest BCUT2D eigenvalue weighted by molar-refractivity contribution is 4.60. The van der Waals surface area contributed by atoms with E-state index in [4.69, 9.17) is 19.3 Å². The molecule has 0 saturated heterocycles. The molecule has 0 aromatic heterocycles. The minimum atomic E-state index is -0.369. The summed E-state index contributed by atoms with van der Waals surface area (Å²) in [6.45, 7) is 6.52. The second kappa shape index (κ2) is 6.32. The average Bonchev–Trinajstić information content (AvgIpc) is 2.01. The normalized spacial score (nSPS) is 14.5. The molecule has 0 aromatic rings. The van der Waals surface area contributed by atoms with Crippen LogP contribution in [-0.2, 0) is 14.2 Å². The van der Waals surface area contributed by atoms with Gasteiger partial charge in [-0.2, -0.15) is 0 Å². The molecule has 0 heterocycles. The van der Waals surface area contributed by atoms with E-state index >= 15 is 0 Å². The highest BCUT2D eigenvalue weighted by atomic mass is 16.7. The molecule has 0 aromatic carbocycles. The predicted molar refractivity (Wildman–Crippen MR) is 49.5 cm³/mol. The van der Waals surface area contributed by atoms with Crippen LogP contribution in [0.1, 0.15) is 20.8 Å². The first-order chi connectivity index (χ1) is 5.99. The van der Waals surface area contributed by atoms with Crippen LogP contribution < -0.4 is 0 Å². The van der Waals surface area contributed by atoms with Gasteiger partial charge >= 0.3 is 0 Å². The summed E-state index contributed by atoms with van der Waals surface area (Å²) in [7, 11) is 1.57. The van der Waals surface area contributed by atoms with E-state index in [1.807, 2.05) is 20.8 Å². The van der Waals surface area contributed by atoms with Crippen molar-refractivity contribution in [1.29, 1.82) is 0 Å². The molecule has 0 bridgehead atoms. The van der Waals surface area contributed by atoms with E-state index in [-0.39, 0.29) is 18.5 Å². The van der Waals surface area contributed by atoms with Crippen LogP contribution >= 0.6 is 0 Å². The van der Waals surface area contributed by atoms with E-state index in [9.17, 15) is 0 Å². The fourth-order valence-corrected chi connectivity index (χ4v) is 0.789. The summed E-state index contributed by atoms with van der Waals surface area (Å²) in [5, 5.41) is 8.48. The molecule has 0 aliphatic heterocycles. The predicted octanol–water partition coefficient (Wildman–Crippen LogP) is 0.783. The molecule has 1 atom stereocenters. The van der Waals surface area contributed by atoms with Gasteiger partial charge in [0.15, 0.2) is 6.29 Å². The van der Waals surface area contributed by atoms with Gasteiger partial charge in [-0.15, -0.1) is 0 Å². The van der Waals surface area contributed by atoms with Gasteiger partial charge in [-0.25, -0.2) is 0 Å². The van der Waals surface area contributed by atoms with Crippen molar-refractivity contribution < 1.29 is 19.3 Å². The molecule has 0 fully saturated rings. The SMILES string of the molecule is COC(COCCO)OC(C)(C)C. The molecule has 1 unspecified atom stereocenters. The first-order valence-corrected chi connectivity index (χ1v) is 4.39. The number of rotatable bonds is 6. The molecule has 4 heteroatoms. The van der Waals surface area contributed by atoms with Crippen LogP contribution in [0.3, 0.4) is 0 Å². The fourth-order valence-electron chi connectivity index (χ4n) is 0.789. The Balaban J connectivity index is 3.63. The summed E-state index contributed by atoms with van der Waals surface area (Å²) < 4.78 is 15.6. The number of ether oxygens (including phenoxy) is 3. The Kier molecular flexibility index (Phi) is 6.24. The zero-order valence-electron chi connectivity index (χ0n) is 8.87. The minimum Gasteiger partial charge on any atom is -0.394 e. The topological polar surface area (TPSA) is 47.9 Å². The van der Waals surface area contributed by atoms with Crippen molar-refractivity contribution >= 4 is 0 Å². The van der Waals surface area contributed by atoms with Gasteiger partial charge in [0.25, 0.3) is 0 Å². The summed E-state index contributed by atoms with van der Waals surface area (Å²) in [5.74, 6) is 0. The van der Waals surface area contributed by atoms with E-state index in [0.717, 1.165) is 0 Å². The quantitative estimate of drug-likeness (QED) is 0.499. The Morgan fingerprint density at radius 1 is 1.31 bits per heavy atom. The molecule has 0 aliphatic rings.